The van der Waals surface area contributed by atoms with Crippen LogP contribution in [0.2, 0.25) is 0 Å². The number of fused-ring (bicyclic) bond motifs is 1. The quantitative estimate of drug-likeness (QED) is 0.880. The highest BCUT2D eigenvalue weighted by Gasteiger charge is 2.27. The van der Waals surface area contributed by atoms with Crippen LogP contribution in [-0.4, -0.2) is 35.1 Å². The van der Waals surface area contributed by atoms with Crippen LogP contribution >= 0.6 is 11.3 Å². The van der Waals surface area contributed by atoms with Crippen molar-refractivity contribution in [1.82, 2.24) is 4.90 Å². The molecule has 2 N–H and O–H groups in total. The summed E-state index contributed by atoms with van der Waals surface area (Å²) in [5.41, 5.74) is 1.26. The molecule has 0 saturated carbocycles. The van der Waals surface area contributed by atoms with Gasteiger partial charge in [-0.25, -0.2) is 9.59 Å². The zero-order chi connectivity index (χ0) is 14.8. The number of hydrogen-bond acceptors (Lipinski definition) is 3. The van der Waals surface area contributed by atoms with Gasteiger partial charge in [-0.3, -0.25) is 5.32 Å². The number of anilines is 1. The Labute approximate surface area is 128 Å². The SMILES string of the molecule is O=C(O)c1c(NC(=O)N2CCCCC2)sc2c1CCCC2. The van der Waals surface area contributed by atoms with Gasteiger partial charge in [0, 0.05) is 18.0 Å². The third-order valence-electron chi connectivity index (χ3n) is 4.25. The molecule has 0 spiro atoms. The van der Waals surface area contributed by atoms with Gasteiger partial charge in [0.15, 0.2) is 0 Å². The Balaban J connectivity index is 1.82. The third kappa shape index (κ3) is 2.90. The number of carbonyl (C=O) groups excluding carboxylic acids is 1. The monoisotopic (exact) mass is 308 g/mol. The van der Waals surface area contributed by atoms with Crippen LogP contribution in [0.4, 0.5) is 9.80 Å². The highest BCUT2D eigenvalue weighted by Crippen LogP contribution is 2.38. The number of urea groups is 1. The van der Waals surface area contributed by atoms with Crippen LogP contribution in [0, 0.1) is 0 Å². The van der Waals surface area contributed by atoms with Crippen molar-refractivity contribution in [3.63, 3.8) is 0 Å². The van der Waals surface area contributed by atoms with E-state index >= 15 is 0 Å². The maximum Gasteiger partial charge on any atom is 0.339 e. The Morgan fingerprint density at radius 1 is 1.05 bits per heavy atom. The average molecular weight is 308 g/mol. The molecular formula is C15H20N2O3S. The van der Waals surface area contributed by atoms with Gasteiger partial charge in [0.05, 0.1) is 5.56 Å². The second-order valence-electron chi connectivity index (χ2n) is 5.70. The summed E-state index contributed by atoms with van der Waals surface area (Å²) in [5, 5.41) is 12.8. The lowest BCUT2D eigenvalue weighted by Crippen LogP contribution is -2.38. The van der Waals surface area contributed by atoms with Crippen LogP contribution < -0.4 is 5.32 Å². The summed E-state index contributed by atoms with van der Waals surface area (Å²) < 4.78 is 0. The molecule has 2 amide bonds. The molecule has 0 unspecified atom stereocenters. The number of carbonyl (C=O) groups is 2. The minimum Gasteiger partial charge on any atom is -0.478 e. The molecule has 6 heteroatoms. The van der Waals surface area contributed by atoms with Gasteiger partial charge in [-0.1, -0.05) is 0 Å². The fraction of sp³-hybridized carbons (Fsp3) is 0.600. The first-order chi connectivity index (χ1) is 10.2. The smallest absolute Gasteiger partial charge is 0.339 e. The highest BCUT2D eigenvalue weighted by atomic mass is 32.1. The Hall–Kier alpha value is -1.56. The van der Waals surface area contributed by atoms with Gasteiger partial charge in [0.25, 0.3) is 0 Å². The van der Waals surface area contributed by atoms with Crippen molar-refractivity contribution in [1.29, 1.82) is 0 Å². The van der Waals surface area contributed by atoms with E-state index in [1.807, 2.05) is 0 Å². The summed E-state index contributed by atoms with van der Waals surface area (Å²) in [6.45, 7) is 1.53. The van der Waals surface area contributed by atoms with Crippen molar-refractivity contribution < 1.29 is 14.7 Å². The van der Waals surface area contributed by atoms with Crippen molar-refractivity contribution in [3.8, 4) is 0 Å². The zero-order valence-corrected chi connectivity index (χ0v) is 12.8. The van der Waals surface area contributed by atoms with Gasteiger partial charge in [-0.15, -0.1) is 11.3 Å². The molecule has 0 bridgehead atoms. The number of nitrogens with one attached hydrogen (secondary N) is 1. The molecule has 5 nitrogen and oxygen atoms in total. The number of aryl methyl sites for hydroxylation is 1. The Bertz CT molecular complexity index is 562. The summed E-state index contributed by atoms with van der Waals surface area (Å²) in [7, 11) is 0. The van der Waals surface area contributed by atoms with Gasteiger partial charge in [-0.2, -0.15) is 0 Å². The van der Waals surface area contributed by atoms with Crippen LogP contribution in [0.1, 0.15) is 52.9 Å². The van der Waals surface area contributed by atoms with E-state index in [1.165, 1.54) is 11.3 Å². The predicted octanol–water partition coefficient (Wildman–Crippen LogP) is 3.34. The summed E-state index contributed by atoms with van der Waals surface area (Å²) in [6.07, 6.45) is 7.10. The van der Waals surface area contributed by atoms with E-state index in [0.29, 0.717) is 10.6 Å². The standard InChI is InChI=1S/C15H20N2O3S/c18-14(19)12-10-6-2-3-7-11(10)21-13(12)16-15(20)17-8-4-1-5-9-17/h1-9H2,(H,16,20)(H,18,19). The van der Waals surface area contributed by atoms with E-state index in [-0.39, 0.29) is 6.03 Å². The number of thiophene rings is 1. The normalized spacial score (nSPS) is 18.2. The van der Waals surface area contributed by atoms with E-state index in [0.717, 1.165) is 68.5 Å². The molecular weight excluding hydrogens is 288 g/mol. The Morgan fingerprint density at radius 2 is 1.76 bits per heavy atom. The summed E-state index contributed by atoms with van der Waals surface area (Å²) in [5.74, 6) is -0.927. The molecule has 1 fully saturated rings. The second-order valence-corrected chi connectivity index (χ2v) is 6.80. The van der Waals surface area contributed by atoms with Crippen molar-refractivity contribution in [2.75, 3.05) is 18.4 Å². The molecule has 2 heterocycles. The number of likely N-dealkylation sites (tertiary alicyclic amines) is 1. The number of nitrogens with zero attached hydrogens (tertiary/aromatic N) is 1. The lowest BCUT2D eigenvalue weighted by atomic mass is 9.95. The second kappa shape index (κ2) is 6.05. The molecule has 3 rings (SSSR count). The number of piperidine rings is 1. The number of carboxylic acid groups (broad SMARTS) is 1. The van der Waals surface area contributed by atoms with Gasteiger partial charge in [0.2, 0.25) is 0 Å². The van der Waals surface area contributed by atoms with Crippen LogP contribution in [0.25, 0.3) is 0 Å². The predicted molar refractivity (Wildman–Crippen MR) is 82.4 cm³/mol. The minimum atomic E-state index is -0.927. The minimum absolute atomic E-state index is 0.157. The molecule has 1 saturated heterocycles. The van der Waals surface area contributed by atoms with Crippen molar-refractivity contribution in [3.05, 3.63) is 16.0 Å². The first-order valence-corrected chi connectivity index (χ1v) is 8.42. The van der Waals surface area contributed by atoms with Crippen molar-refractivity contribution in [2.24, 2.45) is 0 Å². The van der Waals surface area contributed by atoms with E-state index in [4.69, 9.17) is 0 Å². The topological polar surface area (TPSA) is 69.6 Å². The largest absolute Gasteiger partial charge is 0.478 e. The van der Waals surface area contributed by atoms with Gasteiger partial charge < -0.3 is 10.0 Å². The van der Waals surface area contributed by atoms with Crippen LogP contribution in [0.3, 0.4) is 0 Å². The number of carboxylic acids is 1. The molecule has 0 radical (unpaired) electrons. The van der Waals surface area contributed by atoms with E-state index in [2.05, 4.69) is 5.32 Å². The molecule has 0 atom stereocenters. The molecule has 1 aromatic rings. The van der Waals surface area contributed by atoms with Crippen molar-refractivity contribution >= 4 is 28.3 Å². The molecule has 1 aliphatic carbocycles. The molecule has 1 aromatic heterocycles. The molecule has 0 aromatic carbocycles. The Kier molecular flexibility index (Phi) is 4.14. The number of amides is 2. The summed E-state index contributed by atoms with van der Waals surface area (Å²) >= 11 is 1.44. The van der Waals surface area contributed by atoms with E-state index in [1.54, 1.807) is 4.90 Å². The average Bonchev–Trinajstić information content (AvgIpc) is 2.86. The lowest BCUT2D eigenvalue weighted by molar-refractivity contribution is 0.0697. The number of aromatic carboxylic acids is 1. The molecule has 21 heavy (non-hydrogen) atoms. The number of hydrogen-bond donors (Lipinski definition) is 2. The molecule has 114 valence electrons. The number of rotatable bonds is 2. The van der Waals surface area contributed by atoms with Gasteiger partial charge >= 0.3 is 12.0 Å². The lowest BCUT2D eigenvalue weighted by Gasteiger charge is -2.26. The third-order valence-corrected chi connectivity index (χ3v) is 5.46. The van der Waals surface area contributed by atoms with Crippen molar-refractivity contribution in [2.45, 2.75) is 44.9 Å². The van der Waals surface area contributed by atoms with Crippen LogP contribution in [0.5, 0.6) is 0 Å². The maximum absolute atomic E-state index is 12.3. The zero-order valence-electron chi connectivity index (χ0n) is 12.0. The summed E-state index contributed by atoms with van der Waals surface area (Å²) in [6, 6.07) is -0.157. The summed E-state index contributed by atoms with van der Waals surface area (Å²) in [4.78, 5) is 26.8. The van der Waals surface area contributed by atoms with Gasteiger partial charge in [-0.05, 0) is 50.5 Å². The van der Waals surface area contributed by atoms with Crippen LogP contribution in [0.15, 0.2) is 0 Å². The molecule has 2 aliphatic rings. The fourth-order valence-corrected chi connectivity index (χ4v) is 4.42. The molecule has 1 aliphatic heterocycles. The highest BCUT2D eigenvalue weighted by molar-refractivity contribution is 7.17. The van der Waals surface area contributed by atoms with E-state index < -0.39 is 5.97 Å². The first-order valence-electron chi connectivity index (χ1n) is 7.60. The van der Waals surface area contributed by atoms with Gasteiger partial charge in [0.1, 0.15) is 5.00 Å². The fourth-order valence-electron chi connectivity index (χ4n) is 3.15. The van der Waals surface area contributed by atoms with Crippen LogP contribution in [-0.2, 0) is 12.8 Å². The van der Waals surface area contributed by atoms with E-state index in [9.17, 15) is 14.7 Å². The first kappa shape index (κ1) is 14.4. The Morgan fingerprint density at radius 3 is 2.48 bits per heavy atom. The maximum atomic E-state index is 12.3.